The molecule has 1 aromatic heterocycles. The van der Waals surface area contributed by atoms with Gasteiger partial charge in [-0.3, -0.25) is 10.2 Å². The Hall–Kier alpha value is -2.87. The Morgan fingerprint density at radius 1 is 1.15 bits per heavy atom. The highest BCUT2D eigenvalue weighted by molar-refractivity contribution is 6.30. The third-order valence-corrected chi connectivity index (χ3v) is 6.40. The van der Waals surface area contributed by atoms with Gasteiger partial charge in [-0.15, -0.1) is 0 Å². The number of ether oxygens (including phenoxy) is 1. The van der Waals surface area contributed by atoms with Crippen LogP contribution in [-0.4, -0.2) is 60.1 Å². The van der Waals surface area contributed by atoms with Gasteiger partial charge >= 0.3 is 6.03 Å². The summed E-state index contributed by atoms with van der Waals surface area (Å²) in [6, 6.07) is 19.3. The molecule has 0 aliphatic carbocycles. The maximum absolute atomic E-state index is 13.2. The SMILES string of the molecule is COCCN1CC(c2cccc(Cl)c2)[C@H](NC(=O)Nc2cc(C(C)C)nn2-c2ccccc2)C1. The number of hydrogen-bond donors (Lipinski definition) is 2. The van der Waals surface area contributed by atoms with Crippen LogP contribution in [0, 0.1) is 0 Å². The van der Waals surface area contributed by atoms with Crippen molar-refractivity contribution in [3.63, 3.8) is 0 Å². The molecule has 2 heterocycles. The molecule has 0 radical (unpaired) electrons. The Labute approximate surface area is 206 Å². The Kier molecular flexibility index (Phi) is 7.88. The van der Waals surface area contributed by atoms with Crippen molar-refractivity contribution < 1.29 is 9.53 Å². The molecule has 34 heavy (non-hydrogen) atoms. The van der Waals surface area contributed by atoms with E-state index in [0.717, 1.165) is 36.6 Å². The van der Waals surface area contributed by atoms with Crippen LogP contribution in [0.5, 0.6) is 0 Å². The molecule has 3 aromatic rings. The predicted molar refractivity (Wildman–Crippen MR) is 136 cm³/mol. The number of carbonyl (C=O) groups excluding carboxylic acids is 1. The van der Waals surface area contributed by atoms with Crippen LogP contribution in [-0.2, 0) is 4.74 Å². The first-order valence-electron chi connectivity index (χ1n) is 11.6. The van der Waals surface area contributed by atoms with E-state index in [2.05, 4.69) is 35.4 Å². The molecule has 4 rings (SSSR count). The Morgan fingerprint density at radius 2 is 1.94 bits per heavy atom. The molecule has 1 saturated heterocycles. The summed E-state index contributed by atoms with van der Waals surface area (Å²) in [5.74, 6) is 1.01. The number of halogens is 1. The monoisotopic (exact) mass is 481 g/mol. The number of anilines is 1. The van der Waals surface area contributed by atoms with Crippen LogP contribution in [0.15, 0.2) is 60.7 Å². The van der Waals surface area contributed by atoms with Gasteiger partial charge in [0.2, 0.25) is 0 Å². The van der Waals surface area contributed by atoms with Gasteiger partial charge in [0.1, 0.15) is 5.82 Å². The lowest BCUT2D eigenvalue weighted by molar-refractivity contribution is 0.159. The zero-order valence-corrected chi connectivity index (χ0v) is 20.6. The van der Waals surface area contributed by atoms with E-state index >= 15 is 0 Å². The minimum atomic E-state index is -0.252. The van der Waals surface area contributed by atoms with Crippen LogP contribution >= 0.6 is 11.6 Å². The van der Waals surface area contributed by atoms with Crippen molar-refractivity contribution in [3.05, 3.63) is 76.9 Å². The number of methoxy groups -OCH3 is 1. The second-order valence-corrected chi connectivity index (χ2v) is 9.41. The lowest BCUT2D eigenvalue weighted by atomic mass is 9.94. The quantitative estimate of drug-likeness (QED) is 0.480. The van der Waals surface area contributed by atoms with E-state index in [9.17, 15) is 4.79 Å². The van der Waals surface area contributed by atoms with Crippen molar-refractivity contribution in [2.45, 2.75) is 31.7 Å². The van der Waals surface area contributed by atoms with Gasteiger partial charge in [-0.25, -0.2) is 9.48 Å². The maximum atomic E-state index is 13.2. The van der Waals surface area contributed by atoms with Gasteiger partial charge in [0.05, 0.1) is 24.0 Å². The average molecular weight is 482 g/mol. The Morgan fingerprint density at radius 3 is 2.65 bits per heavy atom. The fourth-order valence-corrected chi connectivity index (χ4v) is 4.57. The number of para-hydroxylation sites is 1. The minimum Gasteiger partial charge on any atom is -0.383 e. The van der Waals surface area contributed by atoms with Crippen molar-refractivity contribution in [1.82, 2.24) is 20.0 Å². The molecule has 1 aliphatic heterocycles. The summed E-state index contributed by atoms with van der Waals surface area (Å²) in [5, 5.41) is 11.7. The predicted octanol–water partition coefficient (Wildman–Crippen LogP) is 4.89. The van der Waals surface area contributed by atoms with E-state index < -0.39 is 0 Å². The Balaban J connectivity index is 1.53. The van der Waals surface area contributed by atoms with Crippen molar-refractivity contribution >= 4 is 23.4 Å². The number of nitrogens with one attached hydrogen (secondary N) is 2. The first kappa shape index (κ1) is 24.3. The van der Waals surface area contributed by atoms with Gasteiger partial charge in [-0.05, 0) is 35.7 Å². The largest absolute Gasteiger partial charge is 0.383 e. The molecular formula is C26H32ClN5O2. The van der Waals surface area contributed by atoms with Gasteiger partial charge in [0, 0.05) is 43.8 Å². The molecule has 0 bridgehead atoms. The van der Waals surface area contributed by atoms with Crippen LogP contribution in [0.25, 0.3) is 5.69 Å². The van der Waals surface area contributed by atoms with Gasteiger partial charge in [-0.1, -0.05) is 55.8 Å². The van der Waals surface area contributed by atoms with Gasteiger partial charge in [0.25, 0.3) is 0 Å². The molecule has 1 unspecified atom stereocenters. The van der Waals surface area contributed by atoms with E-state index in [4.69, 9.17) is 21.4 Å². The van der Waals surface area contributed by atoms with Crippen molar-refractivity contribution in [2.24, 2.45) is 0 Å². The number of nitrogens with zero attached hydrogens (tertiary/aromatic N) is 3. The number of benzene rings is 2. The summed E-state index contributed by atoms with van der Waals surface area (Å²) in [5.41, 5.74) is 2.94. The molecule has 2 N–H and O–H groups in total. The summed E-state index contributed by atoms with van der Waals surface area (Å²) in [6.07, 6.45) is 0. The molecule has 1 fully saturated rings. The molecule has 8 heteroatoms. The van der Waals surface area contributed by atoms with Crippen LogP contribution in [0.4, 0.5) is 10.6 Å². The fourth-order valence-electron chi connectivity index (χ4n) is 4.37. The smallest absolute Gasteiger partial charge is 0.320 e. The lowest BCUT2D eigenvalue weighted by Crippen LogP contribution is -2.42. The van der Waals surface area contributed by atoms with Gasteiger partial charge in [-0.2, -0.15) is 5.10 Å². The highest BCUT2D eigenvalue weighted by Gasteiger charge is 2.35. The van der Waals surface area contributed by atoms with E-state index in [-0.39, 0.29) is 23.9 Å². The third kappa shape index (κ3) is 5.78. The first-order valence-corrected chi connectivity index (χ1v) is 12.0. The molecule has 7 nitrogen and oxygen atoms in total. The number of amides is 2. The molecule has 0 spiro atoms. The second kappa shape index (κ2) is 11.0. The number of carbonyl (C=O) groups is 1. The highest BCUT2D eigenvalue weighted by atomic mass is 35.5. The number of hydrogen-bond acceptors (Lipinski definition) is 4. The Bertz CT molecular complexity index is 1100. The zero-order chi connectivity index (χ0) is 24.1. The minimum absolute atomic E-state index is 0.0620. The number of rotatable bonds is 8. The third-order valence-electron chi connectivity index (χ3n) is 6.16. The van der Waals surface area contributed by atoms with Crippen LogP contribution < -0.4 is 10.6 Å². The number of aromatic nitrogens is 2. The maximum Gasteiger partial charge on any atom is 0.320 e. The summed E-state index contributed by atoms with van der Waals surface area (Å²) in [7, 11) is 1.70. The van der Waals surface area contributed by atoms with Gasteiger partial charge < -0.3 is 10.1 Å². The highest BCUT2D eigenvalue weighted by Crippen LogP contribution is 2.29. The van der Waals surface area contributed by atoms with E-state index in [1.165, 1.54) is 0 Å². The molecule has 2 atom stereocenters. The molecule has 1 aliphatic rings. The fraction of sp³-hybridized carbons (Fsp3) is 0.385. The van der Waals surface area contributed by atoms with Gasteiger partial charge in [0.15, 0.2) is 0 Å². The molecule has 0 saturated carbocycles. The van der Waals surface area contributed by atoms with E-state index in [1.54, 1.807) is 11.8 Å². The molecule has 2 amide bonds. The summed E-state index contributed by atoms with van der Waals surface area (Å²) >= 11 is 6.26. The topological polar surface area (TPSA) is 71.4 Å². The van der Waals surface area contributed by atoms with Crippen LogP contribution in [0.2, 0.25) is 5.02 Å². The summed E-state index contributed by atoms with van der Waals surface area (Å²) in [6.45, 7) is 7.20. The first-order chi connectivity index (χ1) is 16.4. The molecular weight excluding hydrogens is 450 g/mol. The van der Waals surface area contributed by atoms with Crippen LogP contribution in [0.1, 0.15) is 36.9 Å². The van der Waals surface area contributed by atoms with Crippen molar-refractivity contribution in [2.75, 3.05) is 38.7 Å². The molecule has 180 valence electrons. The van der Waals surface area contributed by atoms with Crippen molar-refractivity contribution in [3.8, 4) is 5.69 Å². The summed E-state index contributed by atoms with van der Waals surface area (Å²) < 4.78 is 7.04. The van der Waals surface area contributed by atoms with Crippen LogP contribution in [0.3, 0.4) is 0 Å². The number of urea groups is 1. The van der Waals surface area contributed by atoms with Crippen molar-refractivity contribution in [1.29, 1.82) is 0 Å². The summed E-state index contributed by atoms with van der Waals surface area (Å²) in [4.78, 5) is 15.5. The van der Waals surface area contributed by atoms with E-state index in [0.29, 0.717) is 17.4 Å². The zero-order valence-electron chi connectivity index (χ0n) is 19.9. The standard InChI is InChI=1S/C26H32ClN5O2/c1-18(2)23-15-25(32(30-23)21-10-5-4-6-11-21)29-26(33)28-24-17-31(12-13-34-3)16-22(24)19-8-7-9-20(27)14-19/h4-11,14-15,18,22,24H,12-13,16-17H2,1-3H3,(H2,28,29,33)/t22?,24-/m1/s1. The number of likely N-dealkylation sites (tertiary alicyclic amines) is 1. The normalized spacial score (nSPS) is 18.4. The second-order valence-electron chi connectivity index (χ2n) is 8.98. The lowest BCUT2D eigenvalue weighted by Gasteiger charge is -2.21. The van der Waals surface area contributed by atoms with E-state index in [1.807, 2.05) is 54.6 Å². The average Bonchev–Trinajstić information content (AvgIpc) is 3.42. The molecule has 2 aromatic carbocycles.